The number of hydrogen-bond donors (Lipinski definition) is 2. The molecule has 3 N–H and O–H groups in total. The maximum atomic E-state index is 12.7. The second-order valence-electron chi connectivity index (χ2n) is 3.35. The Morgan fingerprint density at radius 2 is 1.93 bits per heavy atom. The van der Waals surface area contributed by atoms with E-state index >= 15 is 0 Å². The summed E-state index contributed by atoms with van der Waals surface area (Å²) in [6, 6.07) is 2.45. The molecule has 0 aliphatic rings. The third-order valence-electron chi connectivity index (χ3n) is 1.71. The third-order valence-corrected chi connectivity index (χ3v) is 1.71. The van der Waals surface area contributed by atoms with Crippen LogP contribution in [-0.2, 0) is 0 Å². The summed E-state index contributed by atoms with van der Waals surface area (Å²) in [7, 11) is 0. The second kappa shape index (κ2) is 4.84. The first-order chi connectivity index (χ1) is 6.99. The molecule has 0 saturated heterocycles. The molecule has 1 aromatic carbocycles. The highest BCUT2D eigenvalue weighted by Gasteiger charge is 2.08. The van der Waals surface area contributed by atoms with Crippen molar-refractivity contribution >= 4 is 5.91 Å². The summed E-state index contributed by atoms with van der Waals surface area (Å²) in [5.74, 6) is -2.09. The molecule has 0 aliphatic carbocycles. The van der Waals surface area contributed by atoms with Gasteiger partial charge in [-0.3, -0.25) is 4.79 Å². The molecule has 1 rings (SSSR count). The highest BCUT2D eigenvalue weighted by atomic mass is 19.1. The summed E-state index contributed by atoms with van der Waals surface area (Å²) in [6.07, 6.45) is 0. The van der Waals surface area contributed by atoms with E-state index in [1.54, 1.807) is 6.92 Å². The summed E-state index contributed by atoms with van der Waals surface area (Å²) in [4.78, 5) is 11.4. The molecule has 0 radical (unpaired) electrons. The molecule has 1 aromatic rings. The van der Waals surface area contributed by atoms with Crippen LogP contribution in [0.4, 0.5) is 8.78 Å². The van der Waals surface area contributed by atoms with Gasteiger partial charge in [0.25, 0.3) is 5.91 Å². The van der Waals surface area contributed by atoms with Crippen molar-refractivity contribution in [1.82, 2.24) is 5.32 Å². The van der Waals surface area contributed by atoms with E-state index in [-0.39, 0.29) is 18.2 Å². The van der Waals surface area contributed by atoms with Crippen molar-refractivity contribution in [3.63, 3.8) is 0 Å². The molecule has 0 heterocycles. The topological polar surface area (TPSA) is 55.1 Å². The van der Waals surface area contributed by atoms with E-state index in [2.05, 4.69) is 5.32 Å². The number of carbonyl (C=O) groups is 1. The molecule has 3 nitrogen and oxygen atoms in total. The van der Waals surface area contributed by atoms with Crippen LogP contribution in [0, 0.1) is 11.6 Å². The molecule has 82 valence electrons. The van der Waals surface area contributed by atoms with Crippen LogP contribution in [0.25, 0.3) is 0 Å². The maximum absolute atomic E-state index is 12.7. The van der Waals surface area contributed by atoms with Crippen LogP contribution in [0.1, 0.15) is 17.3 Å². The van der Waals surface area contributed by atoms with Gasteiger partial charge < -0.3 is 11.1 Å². The Morgan fingerprint density at radius 1 is 1.40 bits per heavy atom. The second-order valence-corrected chi connectivity index (χ2v) is 3.35. The number of rotatable bonds is 3. The molecule has 0 aliphatic heterocycles. The Morgan fingerprint density at radius 3 is 2.40 bits per heavy atom. The normalized spacial score (nSPS) is 12.3. The number of hydrogen-bond acceptors (Lipinski definition) is 2. The average Bonchev–Trinajstić information content (AvgIpc) is 2.12. The SMILES string of the molecule is CC(N)CNC(=O)c1cc(F)cc(F)c1. The molecule has 0 aromatic heterocycles. The monoisotopic (exact) mass is 214 g/mol. The maximum Gasteiger partial charge on any atom is 0.251 e. The van der Waals surface area contributed by atoms with Gasteiger partial charge in [-0.05, 0) is 19.1 Å². The Kier molecular flexibility index (Phi) is 3.74. The summed E-state index contributed by atoms with van der Waals surface area (Å²) in [5, 5.41) is 2.46. The fourth-order valence-electron chi connectivity index (χ4n) is 1.04. The van der Waals surface area contributed by atoms with Crippen molar-refractivity contribution in [2.45, 2.75) is 13.0 Å². The number of nitrogens with one attached hydrogen (secondary N) is 1. The van der Waals surface area contributed by atoms with Gasteiger partial charge in [0.2, 0.25) is 0 Å². The van der Waals surface area contributed by atoms with Crippen LogP contribution in [0.3, 0.4) is 0 Å². The minimum Gasteiger partial charge on any atom is -0.350 e. The predicted octanol–water partition coefficient (Wildman–Crippen LogP) is 1.04. The molecule has 15 heavy (non-hydrogen) atoms. The van der Waals surface area contributed by atoms with E-state index in [1.165, 1.54) is 0 Å². The minimum absolute atomic E-state index is 0.0480. The fourth-order valence-corrected chi connectivity index (χ4v) is 1.04. The number of benzene rings is 1. The van der Waals surface area contributed by atoms with Gasteiger partial charge in [-0.2, -0.15) is 0 Å². The van der Waals surface area contributed by atoms with Crippen molar-refractivity contribution in [2.24, 2.45) is 5.73 Å². The Balaban J connectivity index is 2.73. The van der Waals surface area contributed by atoms with Gasteiger partial charge in [0.05, 0.1) is 0 Å². The molecule has 1 amide bonds. The van der Waals surface area contributed by atoms with Crippen molar-refractivity contribution in [2.75, 3.05) is 6.54 Å². The number of amides is 1. The summed E-state index contributed by atoms with van der Waals surface area (Å²) in [5.41, 5.74) is 5.37. The van der Waals surface area contributed by atoms with Gasteiger partial charge in [-0.25, -0.2) is 8.78 Å². The Hall–Kier alpha value is -1.49. The fraction of sp³-hybridized carbons (Fsp3) is 0.300. The van der Waals surface area contributed by atoms with Crippen LogP contribution >= 0.6 is 0 Å². The molecule has 5 heteroatoms. The first-order valence-corrected chi connectivity index (χ1v) is 4.49. The molecule has 0 fully saturated rings. The number of halogens is 2. The van der Waals surface area contributed by atoms with Gasteiger partial charge in [-0.1, -0.05) is 0 Å². The predicted molar refractivity (Wildman–Crippen MR) is 52.3 cm³/mol. The van der Waals surface area contributed by atoms with E-state index in [9.17, 15) is 13.6 Å². The number of carbonyl (C=O) groups excluding carboxylic acids is 1. The largest absolute Gasteiger partial charge is 0.350 e. The quantitative estimate of drug-likeness (QED) is 0.790. The minimum atomic E-state index is -0.777. The van der Waals surface area contributed by atoms with E-state index in [0.717, 1.165) is 12.1 Å². The van der Waals surface area contributed by atoms with E-state index < -0.39 is 17.5 Å². The molecular weight excluding hydrogens is 202 g/mol. The molecular formula is C10H12F2N2O. The van der Waals surface area contributed by atoms with Gasteiger partial charge in [0.15, 0.2) is 0 Å². The third kappa shape index (κ3) is 3.63. The van der Waals surface area contributed by atoms with E-state index in [1.807, 2.05) is 0 Å². The van der Waals surface area contributed by atoms with Crippen LogP contribution < -0.4 is 11.1 Å². The van der Waals surface area contributed by atoms with Crippen molar-refractivity contribution in [3.05, 3.63) is 35.4 Å². The van der Waals surface area contributed by atoms with E-state index in [0.29, 0.717) is 6.07 Å². The lowest BCUT2D eigenvalue weighted by Gasteiger charge is -2.07. The lowest BCUT2D eigenvalue weighted by molar-refractivity contribution is 0.0951. The Labute approximate surface area is 86.3 Å². The number of nitrogens with two attached hydrogens (primary N) is 1. The first-order valence-electron chi connectivity index (χ1n) is 4.49. The smallest absolute Gasteiger partial charge is 0.251 e. The molecule has 0 spiro atoms. The standard InChI is InChI=1S/C10H12F2N2O/c1-6(13)5-14-10(15)7-2-8(11)4-9(12)3-7/h2-4,6H,5,13H2,1H3,(H,14,15). The molecule has 0 bridgehead atoms. The van der Waals surface area contributed by atoms with Crippen molar-refractivity contribution < 1.29 is 13.6 Å². The van der Waals surface area contributed by atoms with Crippen molar-refractivity contribution in [3.8, 4) is 0 Å². The summed E-state index contributed by atoms with van der Waals surface area (Å²) in [6.45, 7) is 1.98. The van der Waals surface area contributed by atoms with Crippen molar-refractivity contribution in [1.29, 1.82) is 0 Å². The molecule has 1 unspecified atom stereocenters. The van der Waals surface area contributed by atoms with Gasteiger partial charge >= 0.3 is 0 Å². The van der Waals surface area contributed by atoms with Gasteiger partial charge in [-0.15, -0.1) is 0 Å². The summed E-state index contributed by atoms with van der Waals surface area (Å²) >= 11 is 0. The van der Waals surface area contributed by atoms with Gasteiger partial charge in [0.1, 0.15) is 11.6 Å². The molecule has 0 saturated carbocycles. The lowest BCUT2D eigenvalue weighted by Crippen LogP contribution is -2.35. The Bertz CT molecular complexity index is 346. The zero-order chi connectivity index (χ0) is 11.4. The average molecular weight is 214 g/mol. The highest BCUT2D eigenvalue weighted by Crippen LogP contribution is 2.07. The summed E-state index contributed by atoms with van der Waals surface area (Å²) < 4.78 is 25.5. The van der Waals surface area contributed by atoms with Crippen LogP contribution in [-0.4, -0.2) is 18.5 Å². The lowest BCUT2D eigenvalue weighted by atomic mass is 10.2. The van der Waals surface area contributed by atoms with Crippen LogP contribution in [0.15, 0.2) is 18.2 Å². The van der Waals surface area contributed by atoms with Crippen LogP contribution in [0.2, 0.25) is 0 Å². The molecule has 1 atom stereocenters. The van der Waals surface area contributed by atoms with Crippen LogP contribution in [0.5, 0.6) is 0 Å². The first kappa shape index (κ1) is 11.6. The van der Waals surface area contributed by atoms with E-state index in [4.69, 9.17) is 5.73 Å². The zero-order valence-electron chi connectivity index (χ0n) is 8.26. The zero-order valence-corrected chi connectivity index (χ0v) is 8.26. The highest BCUT2D eigenvalue weighted by molar-refractivity contribution is 5.94. The van der Waals surface area contributed by atoms with Gasteiger partial charge in [0, 0.05) is 24.2 Å².